The second-order valence-electron chi connectivity index (χ2n) is 7.44. The summed E-state index contributed by atoms with van der Waals surface area (Å²) in [6.07, 6.45) is 1.33. The van der Waals surface area contributed by atoms with Crippen molar-refractivity contribution in [1.82, 2.24) is 10.6 Å². The van der Waals surface area contributed by atoms with E-state index >= 15 is 0 Å². The smallest absolute Gasteiger partial charge is 0.225 e. The fraction of sp³-hybridized carbons (Fsp3) is 0.417. The summed E-state index contributed by atoms with van der Waals surface area (Å²) in [6, 6.07) is 15.8. The van der Waals surface area contributed by atoms with Crippen molar-refractivity contribution in [3.63, 3.8) is 0 Å². The first-order valence-electron chi connectivity index (χ1n) is 10.8. The van der Waals surface area contributed by atoms with Gasteiger partial charge in [-0.2, -0.15) is 0 Å². The zero-order valence-electron chi connectivity index (χ0n) is 18.7. The van der Waals surface area contributed by atoms with Crippen LogP contribution in [0, 0.1) is 0 Å². The second kappa shape index (κ2) is 13.9. The highest BCUT2D eigenvalue weighted by molar-refractivity contribution is 14.0. The SMILES string of the molecule is CCNC(=NCC1CC(=O)Nc2ccccc21)NCCCOCc1ccc(OC)cc1.I. The molecule has 7 nitrogen and oxygen atoms in total. The average molecular weight is 552 g/mol. The Kier molecular flexibility index (Phi) is 11.3. The molecule has 0 saturated heterocycles. The highest BCUT2D eigenvalue weighted by Gasteiger charge is 2.24. The molecule has 0 radical (unpaired) electrons. The number of carbonyl (C=O) groups excluding carboxylic acids is 1. The maximum atomic E-state index is 12.0. The van der Waals surface area contributed by atoms with Crippen LogP contribution in [0.4, 0.5) is 5.69 Å². The Morgan fingerprint density at radius 2 is 1.94 bits per heavy atom. The molecule has 0 spiro atoms. The number of carbonyl (C=O) groups is 1. The van der Waals surface area contributed by atoms with Crippen LogP contribution in [0.1, 0.15) is 36.8 Å². The number of halogens is 1. The highest BCUT2D eigenvalue weighted by Crippen LogP contribution is 2.31. The van der Waals surface area contributed by atoms with Crippen molar-refractivity contribution in [3.05, 3.63) is 59.7 Å². The number of nitrogens with one attached hydrogen (secondary N) is 3. The third kappa shape index (κ3) is 7.98. The van der Waals surface area contributed by atoms with Crippen molar-refractivity contribution in [1.29, 1.82) is 0 Å². The Bertz CT molecular complexity index is 874. The van der Waals surface area contributed by atoms with Crippen LogP contribution >= 0.6 is 24.0 Å². The number of ether oxygens (including phenoxy) is 2. The lowest BCUT2D eigenvalue weighted by molar-refractivity contribution is -0.116. The van der Waals surface area contributed by atoms with E-state index in [1.165, 1.54) is 0 Å². The van der Waals surface area contributed by atoms with Gasteiger partial charge in [0.1, 0.15) is 5.75 Å². The van der Waals surface area contributed by atoms with Crippen LogP contribution in [0.5, 0.6) is 5.75 Å². The van der Waals surface area contributed by atoms with E-state index in [4.69, 9.17) is 14.5 Å². The molecule has 2 aromatic rings. The van der Waals surface area contributed by atoms with Crippen LogP contribution in [-0.4, -0.2) is 45.2 Å². The van der Waals surface area contributed by atoms with Gasteiger partial charge in [0, 0.05) is 37.7 Å². The normalized spacial score (nSPS) is 15.2. The number of aliphatic imine (C=N–C) groups is 1. The number of nitrogens with zero attached hydrogens (tertiary/aromatic N) is 1. The van der Waals surface area contributed by atoms with Gasteiger partial charge in [-0.25, -0.2) is 0 Å². The zero-order chi connectivity index (χ0) is 21.9. The number of anilines is 1. The van der Waals surface area contributed by atoms with E-state index in [9.17, 15) is 4.79 Å². The number of guanidine groups is 1. The summed E-state index contributed by atoms with van der Waals surface area (Å²) in [5.41, 5.74) is 3.17. The van der Waals surface area contributed by atoms with Crippen molar-refractivity contribution in [3.8, 4) is 5.75 Å². The summed E-state index contributed by atoms with van der Waals surface area (Å²) in [7, 11) is 1.66. The molecule has 0 fully saturated rings. The molecule has 0 saturated carbocycles. The Hall–Kier alpha value is -2.33. The third-order valence-corrected chi connectivity index (χ3v) is 5.11. The lowest BCUT2D eigenvalue weighted by Crippen LogP contribution is -2.38. The van der Waals surface area contributed by atoms with Crippen LogP contribution in [0.15, 0.2) is 53.5 Å². The lowest BCUT2D eigenvalue weighted by Gasteiger charge is -2.24. The number of benzene rings is 2. The maximum Gasteiger partial charge on any atom is 0.225 e. The first kappa shape index (κ1) is 25.9. The third-order valence-electron chi connectivity index (χ3n) is 5.11. The Morgan fingerprint density at radius 1 is 1.16 bits per heavy atom. The second-order valence-corrected chi connectivity index (χ2v) is 7.44. The summed E-state index contributed by atoms with van der Waals surface area (Å²) in [6.45, 7) is 5.39. The maximum absolute atomic E-state index is 12.0. The first-order chi connectivity index (χ1) is 15.2. The molecule has 1 aliphatic rings. The molecule has 3 N–H and O–H groups in total. The van der Waals surface area contributed by atoms with Crippen LogP contribution in [0.2, 0.25) is 0 Å². The molecule has 1 atom stereocenters. The molecule has 2 aromatic carbocycles. The molecule has 0 aliphatic carbocycles. The molecule has 32 heavy (non-hydrogen) atoms. The number of fused-ring (bicyclic) bond motifs is 1. The summed E-state index contributed by atoms with van der Waals surface area (Å²) in [5.74, 6) is 1.75. The number of hydrogen-bond acceptors (Lipinski definition) is 4. The fourth-order valence-corrected chi connectivity index (χ4v) is 3.50. The molecular formula is C24H33IN4O3. The van der Waals surface area contributed by atoms with Gasteiger partial charge in [0.05, 0.1) is 20.3 Å². The molecule has 0 aromatic heterocycles. The summed E-state index contributed by atoms with van der Waals surface area (Å²) < 4.78 is 10.9. The Labute approximate surface area is 207 Å². The molecule has 174 valence electrons. The molecule has 1 amide bonds. The minimum atomic E-state index is 0. The van der Waals surface area contributed by atoms with Gasteiger partial charge < -0.3 is 25.4 Å². The quantitative estimate of drug-likeness (QED) is 0.180. The molecule has 0 bridgehead atoms. The Balaban J connectivity index is 0.00000363. The lowest BCUT2D eigenvalue weighted by atomic mass is 9.91. The zero-order valence-corrected chi connectivity index (χ0v) is 21.1. The summed E-state index contributed by atoms with van der Waals surface area (Å²) >= 11 is 0. The van der Waals surface area contributed by atoms with Crippen LogP contribution in [-0.2, 0) is 16.1 Å². The average Bonchev–Trinajstić information content (AvgIpc) is 2.79. The first-order valence-corrected chi connectivity index (χ1v) is 10.8. The van der Waals surface area contributed by atoms with Gasteiger partial charge >= 0.3 is 0 Å². The van der Waals surface area contributed by atoms with Gasteiger partial charge in [0.25, 0.3) is 0 Å². The van der Waals surface area contributed by atoms with Gasteiger partial charge in [-0.1, -0.05) is 30.3 Å². The van der Waals surface area contributed by atoms with E-state index in [0.717, 1.165) is 48.0 Å². The van der Waals surface area contributed by atoms with Crippen molar-refractivity contribution < 1.29 is 14.3 Å². The molecule has 1 unspecified atom stereocenters. The van der Waals surface area contributed by atoms with E-state index in [2.05, 4.69) is 22.0 Å². The van der Waals surface area contributed by atoms with Gasteiger partial charge in [-0.3, -0.25) is 9.79 Å². The summed E-state index contributed by atoms with van der Waals surface area (Å²) in [5, 5.41) is 9.56. The standard InChI is InChI=1S/C24H32N4O3.HI/c1-3-25-24(26-13-6-14-31-17-18-9-11-20(30-2)12-10-18)27-16-19-15-23(29)28-22-8-5-4-7-21(19)22;/h4-5,7-12,19H,3,6,13-17H2,1-2H3,(H,28,29)(H2,25,26,27);1H. The highest BCUT2D eigenvalue weighted by atomic mass is 127. The largest absolute Gasteiger partial charge is 0.497 e. The van der Waals surface area contributed by atoms with Crippen molar-refractivity contribution in [2.24, 2.45) is 4.99 Å². The molecule has 1 aliphatic heterocycles. The van der Waals surface area contributed by atoms with Gasteiger partial charge in [-0.05, 0) is 42.7 Å². The predicted octanol–water partition coefficient (Wildman–Crippen LogP) is 3.90. The molecule has 3 rings (SSSR count). The number of hydrogen-bond donors (Lipinski definition) is 3. The number of para-hydroxylation sites is 1. The van der Waals surface area contributed by atoms with E-state index < -0.39 is 0 Å². The van der Waals surface area contributed by atoms with E-state index in [-0.39, 0.29) is 35.8 Å². The molecular weight excluding hydrogens is 519 g/mol. The monoisotopic (exact) mass is 552 g/mol. The van der Waals surface area contributed by atoms with E-state index in [1.807, 2.05) is 49.4 Å². The van der Waals surface area contributed by atoms with E-state index in [0.29, 0.717) is 26.2 Å². The minimum absolute atomic E-state index is 0. The Morgan fingerprint density at radius 3 is 2.69 bits per heavy atom. The fourth-order valence-electron chi connectivity index (χ4n) is 3.50. The molecule has 1 heterocycles. The molecule has 8 heteroatoms. The topological polar surface area (TPSA) is 84.0 Å². The van der Waals surface area contributed by atoms with Crippen molar-refractivity contribution >= 4 is 41.5 Å². The number of rotatable bonds is 10. The van der Waals surface area contributed by atoms with Gasteiger partial charge in [-0.15, -0.1) is 24.0 Å². The van der Waals surface area contributed by atoms with E-state index in [1.54, 1.807) is 7.11 Å². The van der Waals surface area contributed by atoms with Crippen LogP contribution in [0.25, 0.3) is 0 Å². The van der Waals surface area contributed by atoms with Gasteiger partial charge in [0.2, 0.25) is 5.91 Å². The van der Waals surface area contributed by atoms with Crippen LogP contribution in [0.3, 0.4) is 0 Å². The number of amides is 1. The minimum Gasteiger partial charge on any atom is -0.497 e. The van der Waals surface area contributed by atoms with Crippen molar-refractivity contribution in [2.45, 2.75) is 32.3 Å². The predicted molar refractivity (Wildman–Crippen MR) is 139 cm³/mol. The van der Waals surface area contributed by atoms with Crippen molar-refractivity contribution in [2.75, 3.05) is 38.7 Å². The van der Waals surface area contributed by atoms with Crippen LogP contribution < -0.4 is 20.7 Å². The number of methoxy groups -OCH3 is 1. The summed E-state index contributed by atoms with van der Waals surface area (Å²) in [4.78, 5) is 16.7. The van der Waals surface area contributed by atoms with Gasteiger partial charge in [0.15, 0.2) is 5.96 Å².